The molecule has 2 saturated heterocycles. The lowest BCUT2D eigenvalue weighted by Gasteiger charge is -2.35. The fourth-order valence-corrected chi connectivity index (χ4v) is 5.38. The normalized spacial score (nSPS) is 40.0. The predicted molar refractivity (Wildman–Crippen MR) is 85.5 cm³/mol. The maximum absolute atomic E-state index is 12.6. The van der Waals surface area contributed by atoms with Crippen LogP contribution in [0.4, 0.5) is 0 Å². The molecule has 0 aromatic carbocycles. The van der Waals surface area contributed by atoms with E-state index in [2.05, 4.69) is 17.1 Å². The first kappa shape index (κ1) is 14.9. The molecule has 0 bridgehead atoms. The van der Waals surface area contributed by atoms with Gasteiger partial charge in [-0.05, 0) is 43.6 Å². The average Bonchev–Trinajstić information content (AvgIpc) is 2.93. The van der Waals surface area contributed by atoms with Crippen LogP contribution in [0.1, 0.15) is 51.9 Å². The molecule has 22 heavy (non-hydrogen) atoms. The monoisotopic (exact) mass is 306 g/mol. The molecular formula is C18H30N2O2. The molecule has 2 aliphatic carbocycles. The van der Waals surface area contributed by atoms with E-state index in [0.717, 1.165) is 32.1 Å². The van der Waals surface area contributed by atoms with Crippen molar-refractivity contribution >= 4 is 5.91 Å². The van der Waals surface area contributed by atoms with Crippen LogP contribution in [0.3, 0.4) is 0 Å². The molecule has 1 amide bonds. The average molecular weight is 306 g/mol. The third-order valence-corrected chi connectivity index (χ3v) is 6.69. The highest BCUT2D eigenvalue weighted by Gasteiger charge is 2.52. The summed E-state index contributed by atoms with van der Waals surface area (Å²) in [5.41, 5.74) is 0. The van der Waals surface area contributed by atoms with Gasteiger partial charge < -0.3 is 15.0 Å². The highest BCUT2D eigenvalue weighted by atomic mass is 16.5. The molecular weight excluding hydrogens is 276 g/mol. The number of nitrogens with zero attached hydrogens (tertiary/aromatic N) is 1. The molecule has 4 aliphatic rings. The molecule has 2 aliphatic heterocycles. The Kier molecular flexibility index (Phi) is 4.16. The fourth-order valence-electron chi connectivity index (χ4n) is 5.38. The molecule has 0 unspecified atom stereocenters. The van der Waals surface area contributed by atoms with E-state index in [1.807, 2.05) is 0 Å². The Balaban J connectivity index is 1.42. The highest BCUT2D eigenvalue weighted by Crippen LogP contribution is 2.47. The molecule has 124 valence electrons. The maximum Gasteiger partial charge on any atom is 0.223 e. The fraction of sp³-hybridized carbons (Fsp3) is 0.944. The third kappa shape index (κ3) is 2.58. The number of carbonyl (C=O) groups excluding carboxylic acids is 1. The number of nitrogens with one attached hydrogen (secondary N) is 1. The zero-order valence-corrected chi connectivity index (χ0v) is 13.8. The lowest BCUT2D eigenvalue weighted by atomic mass is 9.88. The van der Waals surface area contributed by atoms with Gasteiger partial charge in [0, 0.05) is 18.5 Å². The van der Waals surface area contributed by atoms with Crippen LogP contribution < -0.4 is 5.32 Å². The van der Waals surface area contributed by atoms with Gasteiger partial charge in [-0.15, -0.1) is 0 Å². The van der Waals surface area contributed by atoms with Gasteiger partial charge in [0.05, 0.1) is 19.3 Å². The van der Waals surface area contributed by atoms with Crippen LogP contribution in [-0.4, -0.2) is 48.7 Å². The molecule has 0 aromatic rings. The zero-order valence-electron chi connectivity index (χ0n) is 13.8. The van der Waals surface area contributed by atoms with E-state index in [1.54, 1.807) is 0 Å². The van der Waals surface area contributed by atoms with E-state index in [9.17, 15) is 4.79 Å². The minimum Gasteiger partial charge on any atom is -0.378 e. The number of likely N-dealkylation sites (tertiary alicyclic amines) is 1. The maximum atomic E-state index is 12.6. The van der Waals surface area contributed by atoms with Crippen LogP contribution in [0, 0.1) is 17.8 Å². The molecule has 4 nitrogen and oxygen atoms in total. The van der Waals surface area contributed by atoms with Crippen molar-refractivity contribution in [2.24, 2.45) is 17.8 Å². The summed E-state index contributed by atoms with van der Waals surface area (Å²) in [5.74, 6) is 2.45. The van der Waals surface area contributed by atoms with Gasteiger partial charge in [-0.2, -0.15) is 0 Å². The largest absolute Gasteiger partial charge is 0.378 e. The molecule has 0 spiro atoms. The Morgan fingerprint density at radius 3 is 2.68 bits per heavy atom. The second-order valence-corrected chi connectivity index (χ2v) is 8.05. The van der Waals surface area contributed by atoms with Gasteiger partial charge in [-0.25, -0.2) is 0 Å². The summed E-state index contributed by atoms with van der Waals surface area (Å²) in [4.78, 5) is 15.0. The van der Waals surface area contributed by atoms with E-state index < -0.39 is 0 Å². The van der Waals surface area contributed by atoms with E-state index in [0.29, 0.717) is 35.9 Å². The topological polar surface area (TPSA) is 41.6 Å². The van der Waals surface area contributed by atoms with E-state index in [4.69, 9.17) is 4.74 Å². The summed E-state index contributed by atoms with van der Waals surface area (Å²) < 4.78 is 5.25. The van der Waals surface area contributed by atoms with Crippen LogP contribution in [0.25, 0.3) is 0 Å². The van der Waals surface area contributed by atoms with Crippen molar-refractivity contribution in [3.8, 4) is 0 Å². The predicted octanol–water partition coefficient (Wildman–Crippen LogP) is 2.18. The van der Waals surface area contributed by atoms with Crippen molar-refractivity contribution in [2.45, 2.75) is 70.0 Å². The summed E-state index contributed by atoms with van der Waals surface area (Å²) in [5, 5.41) is 3.66. The van der Waals surface area contributed by atoms with Crippen LogP contribution in [0.5, 0.6) is 0 Å². The van der Waals surface area contributed by atoms with Crippen LogP contribution >= 0.6 is 0 Å². The smallest absolute Gasteiger partial charge is 0.223 e. The summed E-state index contributed by atoms with van der Waals surface area (Å²) in [7, 11) is 0. The summed E-state index contributed by atoms with van der Waals surface area (Å²) in [6, 6.07) is 1.64. The van der Waals surface area contributed by atoms with Crippen molar-refractivity contribution in [3.05, 3.63) is 0 Å². The number of rotatable bonds is 4. The first-order valence-electron chi connectivity index (χ1n) is 9.36. The molecule has 4 rings (SSSR count). The Morgan fingerprint density at radius 2 is 2.00 bits per heavy atom. The van der Waals surface area contributed by atoms with Crippen LogP contribution in [0.2, 0.25) is 0 Å². The molecule has 0 aromatic heterocycles. The quantitative estimate of drug-likeness (QED) is 0.865. The van der Waals surface area contributed by atoms with Crippen molar-refractivity contribution in [1.29, 1.82) is 0 Å². The zero-order chi connectivity index (χ0) is 15.1. The van der Waals surface area contributed by atoms with Gasteiger partial charge in [0.2, 0.25) is 5.91 Å². The Morgan fingerprint density at radius 1 is 1.23 bits per heavy atom. The SMILES string of the molecule is C[C@H]1C[C@@H]2[C@@H](CC(=O)N2C2CCCCC2)[C@@H]1CNC1COC1. The van der Waals surface area contributed by atoms with Gasteiger partial charge in [-0.1, -0.05) is 26.2 Å². The third-order valence-electron chi connectivity index (χ3n) is 6.69. The number of carbonyl (C=O) groups is 1. The Labute approximate surface area is 134 Å². The van der Waals surface area contributed by atoms with Gasteiger partial charge in [0.1, 0.15) is 0 Å². The second-order valence-electron chi connectivity index (χ2n) is 8.05. The lowest BCUT2D eigenvalue weighted by Crippen LogP contribution is -2.48. The van der Waals surface area contributed by atoms with Gasteiger partial charge >= 0.3 is 0 Å². The van der Waals surface area contributed by atoms with Crippen molar-refractivity contribution < 1.29 is 9.53 Å². The van der Waals surface area contributed by atoms with Gasteiger partial charge in [0.25, 0.3) is 0 Å². The summed E-state index contributed by atoms with van der Waals surface area (Å²) in [6.45, 7) is 5.19. The van der Waals surface area contributed by atoms with Crippen molar-refractivity contribution in [3.63, 3.8) is 0 Å². The van der Waals surface area contributed by atoms with Crippen molar-refractivity contribution in [2.75, 3.05) is 19.8 Å². The first-order chi connectivity index (χ1) is 10.7. The summed E-state index contributed by atoms with van der Waals surface area (Å²) in [6.07, 6.45) is 8.50. The number of hydrogen-bond donors (Lipinski definition) is 1. The lowest BCUT2D eigenvalue weighted by molar-refractivity contribution is -0.132. The minimum absolute atomic E-state index is 0.450. The van der Waals surface area contributed by atoms with Crippen LogP contribution in [0.15, 0.2) is 0 Å². The minimum atomic E-state index is 0.450. The summed E-state index contributed by atoms with van der Waals surface area (Å²) >= 11 is 0. The Bertz CT molecular complexity index is 417. The number of hydrogen-bond acceptors (Lipinski definition) is 3. The first-order valence-corrected chi connectivity index (χ1v) is 9.36. The molecule has 4 heteroatoms. The number of fused-ring (bicyclic) bond motifs is 1. The molecule has 2 saturated carbocycles. The van der Waals surface area contributed by atoms with E-state index in [-0.39, 0.29) is 0 Å². The number of amides is 1. The standard InChI is InChI=1S/C18H30N2O2/c1-12-7-17-15(16(12)9-19-13-10-22-11-13)8-18(21)20(17)14-5-3-2-4-6-14/h12-17,19H,2-11H2,1H3/t12-,15-,16+,17+/m0/s1. The van der Waals surface area contributed by atoms with Gasteiger partial charge in [0.15, 0.2) is 0 Å². The second kappa shape index (κ2) is 6.12. The molecule has 4 atom stereocenters. The van der Waals surface area contributed by atoms with E-state index in [1.165, 1.54) is 38.5 Å². The number of ether oxygens (including phenoxy) is 1. The molecule has 1 N–H and O–H groups in total. The van der Waals surface area contributed by atoms with Gasteiger partial charge in [-0.3, -0.25) is 4.79 Å². The van der Waals surface area contributed by atoms with Crippen molar-refractivity contribution in [1.82, 2.24) is 10.2 Å². The van der Waals surface area contributed by atoms with Crippen LogP contribution in [-0.2, 0) is 9.53 Å². The molecule has 2 heterocycles. The Hall–Kier alpha value is -0.610. The van der Waals surface area contributed by atoms with E-state index >= 15 is 0 Å². The highest BCUT2D eigenvalue weighted by molar-refractivity contribution is 5.80. The molecule has 0 radical (unpaired) electrons. The molecule has 4 fully saturated rings.